The van der Waals surface area contributed by atoms with E-state index >= 15 is 0 Å². The van der Waals surface area contributed by atoms with E-state index in [1.165, 1.54) is 19.3 Å². The molecule has 1 aromatic carbocycles. The van der Waals surface area contributed by atoms with Crippen LogP contribution < -0.4 is 5.32 Å². The summed E-state index contributed by atoms with van der Waals surface area (Å²) in [6.45, 7) is 4.59. The predicted octanol–water partition coefficient (Wildman–Crippen LogP) is 4.68. The maximum absolute atomic E-state index is 14.1. The first-order valence-corrected chi connectivity index (χ1v) is 8.00. The topological polar surface area (TPSA) is 12.0 Å². The number of rotatable bonds is 4. The van der Waals surface area contributed by atoms with E-state index in [-0.39, 0.29) is 10.8 Å². The SMILES string of the molecule is CNC1CCC(C(C)C)CC1Cc1cccc(Cl)c1F. The van der Waals surface area contributed by atoms with Crippen molar-refractivity contribution in [2.24, 2.45) is 17.8 Å². The maximum Gasteiger partial charge on any atom is 0.144 e. The highest BCUT2D eigenvalue weighted by Gasteiger charge is 2.31. The van der Waals surface area contributed by atoms with E-state index in [1.807, 2.05) is 19.2 Å². The molecule has 0 bridgehead atoms. The summed E-state index contributed by atoms with van der Waals surface area (Å²) in [5.74, 6) is 1.72. The Morgan fingerprint density at radius 1 is 1.35 bits per heavy atom. The lowest BCUT2D eigenvalue weighted by Crippen LogP contribution is -2.40. The van der Waals surface area contributed by atoms with E-state index in [0.29, 0.717) is 17.9 Å². The van der Waals surface area contributed by atoms with Crippen LogP contribution in [0.4, 0.5) is 4.39 Å². The average Bonchev–Trinajstić information content (AvgIpc) is 2.43. The Bertz CT molecular complexity index is 447. The highest BCUT2D eigenvalue weighted by molar-refractivity contribution is 6.30. The van der Waals surface area contributed by atoms with Crippen molar-refractivity contribution in [3.05, 3.63) is 34.6 Å². The van der Waals surface area contributed by atoms with Gasteiger partial charge in [-0.3, -0.25) is 0 Å². The van der Waals surface area contributed by atoms with Crippen LogP contribution in [0.25, 0.3) is 0 Å². The van der Waals surface area contributed by atoms with Gasteiger partial charge in [0.15, 0.2) is 0 Å². The van der Waals surface area contributed by atoms with Gasteiger partial charge in [-0.25, -0.2) is 4.39 Å². The molecular formula is C17H25ClFN. The Morgan fingerprint density at radius 3 is 2.75 bits per heavy atom. The van der Waals surface area contributed by atoms with Gasteiger partial charge in [0.2, 0.25) is 0 Å². The highest BCUT2D eigenvalue weighted by atomic mass is 35.5. The van der Waals surface area contributed by atoms with Crippen LogP contribution in [0.1, 0.15) is 38.7 Å². The maximum atomic E-state index is 14.1. The van der Waals surface area contributed by atoms with Gasteiger partial charge in [-0.2, -0.15) is 0 Å². The molecule has 1 aromatic rings. The molecule has 0 spiro atoms. The molecule has 20 heavy (non-hydrogen) atoms. The predicted molar refractivity (Wildman–Crippen MR) is 83.6 cm³/mol. The van der Waals surface area contributed by atoms with E-state index in [1.54, 1.807) is 6.07 Å². The molecule has 1 N–H and O–H groups in total. The summed E-state index contributed by atoms with van der Waals surface area (Å²) in [7, 11) is 2.02. The smallest absolute Gasteiger partial charge is 0.144 e. The second kappa shape index (κ2) is 6.91. The molecule has 0 radical (unpaired) electrons. The quantitative estimate of drug-likeness (QED) is 0.851. The van der Waals surface area contributed by atoms with Crippen molar-refractivity contribution in [3.63, 3.8) is 0 Å². The molecule has 1 nitrogen and oxygen atoms in total. The lowest BCUT2D eigenvalue weighted by molar-refractivity contribution is 0.172. The lowest BCUT2D eigenvalue weighted by Gasteiger charge is -2.38. The molecule has 0 aromatic heterocycles. The van der Waals surface area contributed by atoms with Crippen molar-refractivity contribution in [1.82, 2.24) is 5.32 Å². The van der Waals surface area contributed by atoms with Gasteiger partial charge in [0.1, 0.15) is 5.82 Å². The Kier molecular flexibility index (Phi) is 5.45. The standard InChI is InChI=1S/C17H25ClFN/c1-11(2)12-7-8-16(20-3)14(9-12)10-13-5-4-6-15(18)17(13)19/h4-6,11-12,14,16,20H,7-10H2,1-3H3. The molecule has 1 aliphatic rings. The van der Waals surface area contributed by atoms with Gasteiger partial charge in [-0.1, -0.05) is 37.6 Å². The van der Waals surface area contributed by atoms with E-state index < -0.39 is 0 Å². The minimum absolute atomic E-state index is 0.236. The Morgan fingerprint density at radius 2 is 2.10 bits per heavy atom. The molecular weight excluding hydrogens is 273 g/mol. The molecule has 0 aliphatic heterocycles. The summed E-state index contributed by atoms with van der Waals surface area (Å²) >= 11 is 5.89. The summed E-state index contributed by atoms with van der Waals surface area (Å²) in [6.07, 6.45) is 4.42. The fraction of sp³-hybridized carbons (Fsp3) is 0.647. The number of hydrogen-bond acceptors (Lipinski definition) is 1. The van der Waals surface area contributed by atoms with Crippen molar-refractivity contribution >= 4 is 11.6 Å². The number of benzene rings is 1. The molecule has 1 fully saturated rings. The van der Waals surface area contributed by atoms with Gasteiger partial charge in [-0.05, 0) is 62.1 Å². The fourth-order valence-electron chi connectivity index (χ4n) is 3.50. The molecule has 1 aliphatic carbocycles. The normalized spacial score (nSPS) is 27.0. The molecule has 3 unspecified atom stereocenters. The summed E-state index contributed by atoms with van der Waals surface area (Å²) < 4.78 is 14.1. The number of halogens is 2. The summed E-state index contributed by atoms with van der Waals surface area (Å²) in [5, 5.41) is 3.65. The first-order valence-electron chi connectivity index (χ1n) is 7.63. The van der Waals surface area contributed by atoms with Gasteiger partial charge < -0.3 is 5.32 Å². The fourth-order valence-corrected chi connectivity index (χ4v) is 3.69. The molecule has 3 heteroatoms. The van der Waals surface area contributed by atoms with Crippen molar-refractivity contribution in [2.75, 3.05) is 7.05 Å². The van der Waals surface area contributed by atoms with Gasteiger partial charge in [0.05, 0.1) is 5.02 Å². The van der Waals surface area contributed by atoms with Crippen molar-refractivity contribution in [1.29, 1.82) is 0 Å². The molecule has 2 rings (SSSR count). The van der Waals surface area contributed by atoms with Crippen LogP contribution in [0, 0.1) is 23.6 Å². The Balaban J connectivity index is 2.13. The van der Waals surface area contributed by atoms with E-state index in [4.69, 9.17) is 11.6 Å². The largest absolute Gasteiger partial charge is 0.317 e. The summed E-state index contributed by atoms with van der Waals surface area (Å²) in [6, 6.07) is 5.82. The summed E-state index contributed by atoms with van der Waals surface area (Å²) in [5.41, 5.74) is 0.757. The van der Waals surface area contributed by atoms with Crippen molar-refractivity contribution in [2.45, 2.75) is 45.6 Å². The zero-order valence-electron chi connectivity index (χ0n) is 12.6. The van der Waals surface area contributed by atoms with Crippen LogP contribution in [-0.4, -0.2) is 13.1 Å². The first kappa shape index (κ1) is 15.8. The second-order valence-electron chi connectivity index (χ2n) is 6.39. The van der Waals surface area contributed by atoms with Crippen LogP contribution in [0.3, 0.4) is 0 Å². The lowest BCUT2D eigenvalue weighted by atomic mass is 9.72. The van der Waals surface area contributed by atoms with E-state index in [2.05, 4.69) is 19.2 Å². The third kappa shape index (κ3) is 3.53. The van der Waals surface area contributed by atoms with E-state index in [9.17, 15) is 4.39 Å². The highest BCUT2D eigenvalue weighted by Crippen LogP contribution is 2.36. The van der Waals surface area contributed by atoms with Gasteiger partial charge >= 0.3 is 0 Å². The monoisotopic (exact) mass is 297 g/mol. The minimum Gasteiger partial charge on any atom is -0.317 e. The number of nitrogens with one attached hydrogen (secondary N) is 1. The van der Waals surface area contributed by atoms with Crippen LogP contribution >= 0.6 is 11.6 Å². The van der Waals surface area contributed by atoms with Crippen molar-refractivity contribution < 1.29 is 4.39 Å². The van der Waals surface area contributed by atoms with Crippen LogP contribution in [0.2, 0.25) is 5.02 Å². The summed E-state index contributed by atoms with van der Waals surface area (Å²) in [4.78, 5) is 0. The van der Waals surface area contributed by atoms with Gasteiger partial charge in [0, 0.05) is 6.04 Å². The molecule has 3 atom stereocenters. The minimum atomic E-state index is -0.240. The zero-order valence-corrected chi connectivity index (χ0v) is 13.4. The molecule has 0 amide bonds. The molecule has 112 valence electrons. The van der Waals surface area contributed by atoms with E-state index in [0.717, 1.165) is 17.9 Å². The molecule has 0 heterocycles. The van der Waals surface area contributed by atoms with Crippen LogP contribution in [0.5, 0.6) is 0 Å². The Hall–Kier alpha value is -0.600. The third-order valence-corrected chi connectivity index (χ3v) is 5.14. The Labute approximate surface area is 126 Å². The molecule has 0 saturated heterocycles. The first-order chi connectivity index (χ1) is 9.52. The zero-order chi connectivity index (χ0) is 14.7. The number of hydrogen-bond donors (Lipinski definition) is 1. The van der Waals surface area contributed by atoms with Gasteiger partial charge in [0.25, 0.3) is 0 Å². The van der Waals surface area contributed by atoms with Crippen LogP contribution in [-0.2, 0) is 6.42 Å². The van der Waals surface area contributed by atoms with Crippen LogP contribution in [0.15, 0.2) is 18.2 Å². The molecule has 1 saturated carbocycles. The van der Waals surface area contributed by atoms with Gasteiger partial charge in [-0.15, -0.1) is 0 Å². The average molecular weight is 298 g/mol. The second-order valence-corrected chi connectivity index (χ2v) is 6.80. The van der Waals surface area contributed by atoms with Crippen molar-refractivity contribution in [3.8, 4) is 0 Å². The third-order valence-electron chi connectivity index (χ3n) is 4.85.